The Bertz CT molecular complexity index is 170. The number of ether oxygens (including phenoxy) is 1. The van der Waals surface area contributed by atoms with Crippen molar-refractivity contribution in [2.75, 3.05) is 13.2 Å². The van der Waals surface area contributed by atoms with E-state index in [4.69, 9.17) is 4.74 Å². The monoisotopic (exact) mass is 227 g/mol. The zero-order valence-corrected chi connectivity index (χ0v) is 11.3. The van der Waals surface area contributed by atoms with Gasteiger partial charge in [0.1, 0.15) is 0 Å². The minimum absolute atomic E-state index is 0.188. The SMILES string of the molecule is CCCNC1CCOC(CCC)(CCC)C1. The third-order valence-corrected chi connectivity index (χ3v) is 3.59. The van der Waals surface area contributed by atoms with Crippen LogP contribution < -0.4 is 5.32 Å². The van der Waals surface area contributed by atoms with E-state index in [0.29, 0.717) is 6.04 Å². The molecule has 1 heterocycles. The van der Waals surface area contributed by atoms with Crippen LogP contribution in [0.1, 0.15) is 65.7 Å². The van der Waals surface area contributed by atoms with Crippen LogP contribution in [0.2, 0.25) is 0 Å². The molecule has 16 heavy (non-hydrogen) atoms. The van der Waals surface area contributed by atoms with Gasteiger partial charge in [0.05, 0.1) is 5.60 Å². The molecule has 0 bridgehead atoms. The Morgan fingerprint density at radius 2 is 1.81 bits per heavy atom. The van der Waals surface area contributed by atoms with Crippen LogP contribution in [-0.4, -0.2) is 24.8 Å². The first-order valence-electron chi connectivity index (χ1n) is 7.13. The highest BCUT2D eigenvalue weighted by Crippen LogP contribution is 2.33. The van der Waals surface area contributed by atoms with E-state index in [0.717, 1.165) is 13.2 Å². The van der Waals surface area contributed by atoms with Crippen LogP contribution in [0.5, 0.6) is 0 Å². The topological polar surface area (TPSA) is 21.3 Å². The molecular weight excluding hydrogens is 198 g/mol. The number of hydrogen-bond acceptors (Lipinski definition) is 2. The van der Waals surface area contributed by atoms with Crippen LogP contribution in [0.15, 0.2) is 0 Å². The minimum atomic E-state index is 0.188. The zero-order chi connectivity index (χ0) is 11.9. The molecule has 0 aromatic heterocycles. The second-order valence-electron chi connectivity index (χ2n) is 5.18. The first-order valence-corrected chi connectivity index (χ1v) is 7.13. The summed E-state index contributed by atoms with van der Waals surface area (Å²) in [4.78, 5) is 0. The van der Waals surface area contributed by atoms with Gasteiger partial charge < -0.3 is 10.1 Å². The van der Waals surface area contributed by atoms with E-state index in [2.05, 4.69) is 26.1 Å². The van der Waals surface area contributed by atoms with Gasteiger partial charge in [0.15, 0.2) is 0 Å². The van der Waals surface area contributed by atoms with Gasteiger partial charge in [-0.05, 0) is 38.6 Å². The van der Waals surface area contributed by atoms with Crippen molar-refractivity contribution in [1.29, 1.82) is 0 Å². The second kappa shape index (κ2) is 7.29. The average Bonchev–Trinajstić information content (AvgIpc) is 2.27. The summed E-state index contributed by atoms with van der Waals surface area (Å²) in [5, 5.41) is 3.66. The molecule has 0 aromatic carbocycles. The maximum absolute atomic E-state index is 6.12. The fourth-order valence-electron chi connectivity index (χ4n) is 2.94. The molecule has 1 atom stereocenters. The lowest BCUT2D eigenvalue weighted by molar-refractivity contribution is -0.0991. The van der Waals surface area contributed by atoms with Crippen molar-refractivity contribution in [1.82, 2.24) is 5.32 Å². The molecule has 1 aliphatic heterocycles. The largest absolute Gasteiger partial charge is 0.375 e. The molecule has 0 radical (unpaired) electrons. The van der Waals surface area contributed by atoms with Crippen molar-refractivity contribution in [2.45, 2.75) is 77.4 Å². The molecule has 2 nitrogen and oxygen atoms in total. The minimum Gasteiger partial charge on any atom is -0.375 e. The van der Waals surface area contributed by atoms with Gasteiger partial charge in [0.2, 0.25) is 0 Å². The third-order valence-electron chi connectivity index (χ3n) is 3.59. The Hall–Kier alpha value is -0.0800. The van der Waals surface area contributed by atoms with E-state index in [9.17, 15) is 0 Å². The van der Waals surface area contributed by atoms with Gasteiger partial charge in [0, 0.05) is 12.6 Å². The molecule has 1 N–H and O–H groups in total. The highest BCUT2D eigenvalue weighted by molar-refractivity contribution is 4.89. The third kappa shape index (κ3) is 4.06. The maximum Gasteiger partial charge on any atom is 0.0697 e. The lowest BCUT2D eigenvalue weighted by Crippen LogP contribution is -2.47. The first-order chi connectivity index (χ1) is 7.76. The predicted molar refractivity (Wildman–Crippen MR) is 69.8 cm³/mol. The summed E-state index contributed by atoms with van der Waals surface area (Å²) >= 11 is 0. The first kappa shape index (κ1) is 14.0. The second-order valence-corrected chi connectivity index (χ2v) is 5.18. The summed E-state index contributed by atoms with van der Waals surface area (Å²) in [7, 11) is 0. The molecular formula is C14H29NO. The van der Waals surface area contributed by atoms with Gasteiger partial charge in [-0.25, -0.2) is 0 Å². The van der Waals surface area contributed by atoms with Gasteiger partial charge in [-0.1, -0.05) is 33.6 Å². The van der Waals surface area contributed by atoms with E-state index in [1.54, 1.807) is 0 Å². The highest BCUT2D eigenvalue weighted by Gasteiger charge is 2.35. The van der Waals surface area contributed by atoms with Gasteiger partial charge >= 0.3 is 0 Å². The smallest absolute Gasteiger partial charge is 0.0697 e. The van der Waals surface area contributed by atoms with E-state index in [-0.39, 0.29) is 5.60 Å². The quantitative estimate of drug-likeness (QED) is 0.718. The van der Waals surface area contributed by atoms with Crippen molar-refractivity contribution in [3.05, 3.63) is 0 Å². The van der Waals surface area contributed by atoms with Gasteiger partial charge in [0.25, 0.3) is 0 Å². The zero-order valence-electron chi connectivity index (χ0n) is 11.3. The maximum atomic E-state index is 6.12. The number of nitrogens with one attached hydrogen (secondary N) is 1. The molecule has 1 fully saturated rings. The highest BCUT2D eigenvalue weighted by atomic mass is 16.5. The molecule has 1 aliphatic rings. The Labute approximate surface area is 101 Å². The standard InChI is InChI=1S/C14H29NO/c1-4-8-14(9-5-2)12-13(7-11-16-14)15-10-6-3/h13,15H,4-12H2,1-3H3. The molecule has 0 amide bonds. The van der Waals surface area contributed by atoms with Crippen molar-refractivity contribution >= 4 is 0 Å². The summed E-state index contributed by atoms with van der Waals surface area (Å²) < 4.78 is 6.12. The van der Waals surface area contributed by atoms with Gasteiger partial charge in [-0.2, -0.15) is 0 Å². The predicted octanol–water partition coefficient (Wildman–Crippen LogP) is 3.50. The van der Waals surface area contributed by atoms with Gasteiger partial charge in [-0.3, -0.25) is 0 Å². The Balaban J connectivity index is 2.48. The van der Waals surface area contributed by atoms with E-state index < -0.39 is 0 Å². The fourth-order valence-corrected chi connectivity index (χ4v) is 2.94. The normalized spacial score (nSPS) is 24.6. The van der Waals surface area contributed by atoms with E-state index in [1.807, 2.05) is 0 Å². The fraction of sp³-hybridized carbons (Fsp3) is 1.00. The molecule has 2 heteroatoms. The molecule has 0 spiro atoms. The van der Waals surface area contributed by atoms with E-state index in [1.165, 1.54) is 44.9 Å². The molecule has 0 aromatic rings. The van der Waals surface area contributed by atoms with Crippen molar-refractivity contribution in [2.24, 2.45) is 0 Å². The Morgan fingerprint density at radius 3 is 2.38 bits per heavy atom. The summed E-state index contributed by atoms with van der Waals surface area (Å²) in [6.45, 7) is 8.87. The number of rotatable bonds is 7. The van der Waals surface area contributed by atoms with Crippen molar-refractivity contribution < 1.29 is 4.74 Å². The number of hydrogen-bond donors (Lipinski definition) is 1. The van der Waals surface area contributed by atoms with E-state index >= 15 is 0 Å². The summed E-state index contributed by atoms with van der Waals surface area (Å²) in [6.07, 6.45) is 8.56. The molecule has 1 rings (SSSR count). The summed E-state index contributed by atoms with van der Waals surface area (Å²) in [5.74, 6) is 0. The lowest BCUT2D eigenvalue weighted by atomic mass is 9.83. The Kier molecular flexibility index (Phi) is 6.37. The van der Waals surface area contributed by atoms with Crippen molar-refractivity contribution in [3.63, 3.8) is 0 Å². The molecule has 1 saturated heterocycles. The van der Waals surface area contributed by atoms with Crippen LogP contribution in [-0.2, 0) is 4.74 Å². The van der Waals surface area contributed by atoms with Gasteiger partial charge in [-0.15, -0.1) is 0 Å². The van der Waals surface area contributed by atoms with Crippen LogP contribution in [0.25, 0.3) is 0 Å². The lowest BCUT2D eigenvalue weighted by Gasteiger charge is -2.41. The summed E-state index contributed by atoms with van der Waals surface area (Å²) in [5.41, 5.74) is 0.188. The van der Waals surface area contributed by atoms with Crippen LogP contribution in [0, 0.1) is 0 Å². The molecule has 0 aliphatic carbocycles. The van der Waals surface area contributed by atoms with Crippen LogP contribution >= 0.6 is 0 Å². The molecule has 96 valence electrons. The van der Waals surface area contributed by atoms with Crippen LogP contribution in [0.4, 0.5) is 0 Å². The molecule has 1 unspecified atom stereocenters. The summed E-state index contributed by atoms with van der Waals surface area (Å²) in [6, 6.07) is 0.687. The average molecular weight is 227 g/mol. The molecule has 0 saturated carbocycles. The van der Waals surface area contributed by atoms with Crippen LogP contribution in [0.3, 0.4) is 0 Å². The van der Waals surface area contributed by atoms with Crippen molar-refractivity contribution in [3.8, 4) is 0 Å². The Morgan fingerprint density at radius 1 is 1.12 bits per heavy atom.